The lowest BCUT2D eigenvalue weighted by molar-refractivity contribution is -0.119. The van der Waals surface area contributed by atoms with E-state index in [0.717, 1.165) is 0 Å². The van der Waals surface area contributed by atoms with Gasteiger partial charge in [-0.25, -0.2) is 4.79 Å². The largest absolute Gasteiger partial charge is 0.452 e. The van der Waals surface area contributed by atoms with Gasteiger partial charge in [-0.2, -0.15) is 0 Å². The molecule has 25 heavy (non-hydrogen) atoms. The first-order valence-corrected chi connectivity index (χ1v) is 8.76. The van der Waals surface area contributed by atoms with E-state index in [0.29, 0.717) is 21.2 Å². The van der Waals surface area contributed by atoms with Crippen LogP contribution in [0.2, 0.25) is 5.02 Å². The van der Waals surface area contributed by atoms with Crippen molar-refractivity contribution in [3.8, 4) is 0 Å². The van der Waals surface area contributed by atoms with Crippen molar-refractivity contribution in [2.24, 2.45) is 0 Å². The summed E-state index contributed by atoms with van der Waals surface area (Å²) in [7, 11) is 0. The smallest absolute Gasteiger partial charge is 0.339 e. The molecule has 1 N–H and O–H groups in total. The summed E-state index contributed by atoms with van der Waals surface area (Å²) in [5.74, 6) is -0.847. The molecule has 0 aliphatic heterocycles. The Morgan fingerprint density at radius 2 is 1.76 bits per heavy atom. The Labute approximate surface area is 154 Å². The number of halogens is 1. The van der Waals surface area contributed by atoms with Gasteiger partial charge in [-0.15, -0.1) is 11.8 Å². The maximum atomic E-state index is 12.2. The number of esters is 1. The minimum Gasteiger partial charge on any atom is -0.452 e. The molecule has 0 saturated heterocycles. The number of thioether (sulfide) groups is 1. The van der Waals surface area contributed by atoms with Gasteiger partial charge in [0.25, 0.3) is 5.91 Å². The van der Waals surface area contributed by atoms with Crippen molar-refractivity contribution in [3.05, 3.63) is 59.1 Å². The highest BCUT2D eigenvalue weighted by Gasteiger charge is 2.15. The third kappa shape index (κ3) is 5.92. The van der Waals surface area contributed by atoms with Crippen LogP contribution in [0.5, 0.6) is 0 Å². The summed E-state index contributed by atoms with van der Waals surface area (Å²) in [6.45, 7) is 1.04. The van der Waals surface area contributed by atoms with Crippen LogP contribution >= 0.6 is 23.4 Å². The number of ether oxygens (including phenoxy) is 1. The SMILES string of the molecule is CC(=O)CSc1ccccc1C(=O)OCC(=O)Nc1ccccc1Cl. The molecule has 0 spiro atoms. The zero-order chi connectivity index (χ0) is 18.2. The number of hydrogen-bond donors (Lipinski definition) is 1. The standard InChI is InChI=1S/C18H16ClNO4S/c1-12(21)11-25-16-9-5-2-6-13(16)18(23)24-10-17(22)20-15-8-4-3-7-14(15)19/h2-9H,10-11H2,1H3,(H,20,22). The summed E-state index contributed by atoms with van der Waals surface area (Å²) >= 11 is 7.21. The van der Waals surface area contributed by atoms with Crippen molar-refractivity contribution in [3.63, 3.8) is 0 Å². The van der Waals surface area contributed by atoms with Gasteiger partial charge in [-0.3, -0.25) is 9.59 Å². The second-order valence-electron chi connectivity index (χ2n) is 5.09. The van der Waals surface area contributed by atoms with Crippen molar-refractivity contribution in [2.45, 2.75) is 11.8 Å². The average molecular weight is 378 g/mol. The molecule has 0 heterocycles. The Kier molecular flexibility index (Phi) is 7.03. The fraction of sp³-hybridized carbons (Fsp3) is 0.167. The van der Waals surface area contributed by atoms with Crippen LogP contribution in [0.15, 0.2) is 53.4 Å². The number of para-hydroxylation sites is 1. The van der Waals surface area contributed by atoms with Crippen molar-refractivity contribution in [1.82, 2.24) is 0 Å². The van der Waals surface area contributed by atoms with Gasteiger partial charge in [-0.05, 0) is 31.2 Å². The van der Waals surface area contributed by atoms with E-state index in [1.54, 1.807) is 48.5 Å². The van der Waals surface area contributed by atoms with Gasteiger partial charge < -0.3 is 10.1 Å². The fourth-order valence-corrected chi connectivity index (χ4v) is 2.92. The summed E-state index contributed by atoms with van der Waals surface area (Å²) in [6.07, 6.45) is 0. The third-order valence-electron chi connectivity index (χ3n) is 3.02. The Morgan fingerprint density at radius 3 is 2.48 bits per heavy atom. The molecule has 0 aromatic heterocycles. The zero-order valence-electron chi connectivity index (χ0n) is 13.5. The van der Waals surface area contributed by atoms with Crippen LogP contribution in [-0.2, 0) is 14.3 Å². The first kappa shape index (κ1) is 19.0. The lowest BCUT2D eigenvalue weighted by Gasteiger charge is -2.10. The van der Waals surface area contributed by atoms with Crippen LogP contribution in [-0.4, -0.2) is 30.0 Å². The second-order valence-corrected chi connectivity index (χ2v) is 6.52. The number of benzene rings is 2. The highest BCUT2D eigenvalue weighted by Crippen LogP contribution is 2.23. The molecule has 5 nitrogen and oxygen atoms in total. The van der Waals surface area contributed by atoms with E-state index in [1.807, 2.05) is 0 Å². The number of carbonyl (C=O) groups is 3. The number of ketones is 1. The molecular weight excluding hydrogens is 362 g/mol. The van der Waals surface area contributed by atoms with E-state index in [9.17, 15) is 14.4 Å². The molecule has 0 radical (unpaired) electrons. The maximum Gasteiger partial charge on any atom is 0.339 e. The molecule has 0 bridgehead atoms. The number of amides is 1. The van der Waals surface area contributed by atoms with Gasteiger partial charge >= 0.3 is 5.97 Å². The molecule has 130 valence electrons. The molecule has 0 fully saturated rings. The van der Waals surface area contributed by atoms with Crippen molar-refractivity contribution in [2.75, 3.05) is 17.7 Å². The lowest BCUT2D eigenvalue weighted by Crippen LogP contribution is -2.21. The molecule has 0 aliphatic rings. The molecule has 0 saturated carbocycles. The van der Waals surface area contributed by atoms with Crippen LogP contribution in [0.4, 0.5) is 5.69 Å². The first-order chi connectivity index (χ1) is 12.0. The van der Waals surface area contributed by atoms with E-state index >= 15 is 0 Å². The van der Waals surface area contributed by atoms with Crippen LogP contribution in [0, 0.1) is 0 Å². The average Bonchev–Trinajstić information content (AvgIpc) is 2.60. The zero-order valence-corrected chi connectivity index (χ0v) is 15.0. The van der Waals surface area contributed by atoms with Crippen LogP contribution in [0.3, 0.4) is 0 Å². The quantitative estimate of drug-likeness (QED) is 0.586. The van der Waals surface area contributed by atoms with Crippen LogP contribution in [0.25, 0.3) is 0 Å². The van der Waals surface area contributed by atoms with E-state index < -0.39 is 18.5 Å². The summed E-state index contributed by atoms with van der Waals surface area (Å²) in [5.41, 5.74) is 0.766. The monoisotopic (exact) mass is 377 g/mol. The van der Waals surface area contributed by atoms with Gasteiger partial charge in [0.05, 0.1) is 22.0 Å². The summed E-state index contributed by atoms with van der Waals surface area (Å²) in [4.78, 5) is 35.9. The number of hydrogen-bond acceptors (Lipinski definition) is 5. The molecule has 2 rings (SSSR count). The number of anilines is 1. The van der Waals surface area contributed by atoms with E-state index in [4.69, 9.17) is 16.3 Å². The van der Waals surface area contributed by atoms with Gasteiger partial charge in [0.2, 0.25) is 0 Å². The predicted molar refractivity (Wildman–Crippen MR) is 98.2 cm³/mol. The molecule has 7 heteroatoms. The first-order valence-electron chi connectivity index (χ1n) is 7.40. The summed E-state index contributed by atoms with van der Waals surface area (Å²) < 4.78 is 5.06. The van der Waals surface area contributed by atoms with Gasteiger partial charge in [0.1, 0.15) is 5.78 Å². The highest BCUT2D eigenvalue weighted by molar-refractivity contribution is 8.00. The van der Waals surface area contributed by atoms with Crippen molar-refractivity contribution in [1.29, 1.82) is 0 Å². The molecule has 0 unspecified atom stereocenters. The topological polar surface area (TPSA) is 72.5 Å². The van der Waals surface area contributed by atoms with Gasteiger partial charge in [0.15, 0.2) is 6.61 Å². The molecule has 2 aromatic rings. The molecule has 0 aliphatic carbocycles. The van der Waals surface area contributed by atoms with Crippen LogP contribution < -0.4 is 5.32 Å². The number of carbonyl (C=O) groups excluding carboxylic acids is 3. The number of nitrogens with one attached hydrogen (secondary N) is 1. The number of Topliss-reactive ketones (excluding diaryl/α,β-unsaturated/α-hetero) is 1. The number of rotatable bonds is 7. The van der Waals surface area contributed by atoms with Gasteiger partial charge in [0, 0.05) is 4.90 Å². The second kappa shape index (κ2) is 9.25. The lowest BCUT2D eigenvalue weighted by atomic mass is 10.2. The summed E-state index contributed by atoms with van der Waals surface area (Å²) in [5, 5.41) is 2.97. The van der Waals surface area contributed by atoms with E-state index in [-0.39, 0.29) is 11.5 Å². The minimum atomic E-state index is -0.624. The van der Waals surface area contributed by atoms with E-state index in [1.165, 1.54) is 18.7 Å². The summed E-state index contributed by atoms with van der Waals surface area (Å²) in [6, 6.07) is 13.6. The Balaban J connectivity index is 1.95. The predicted octanol–water partition coefficient (Wildman–Crippen LogP) is 3.82. The maximum absolute atomic E-state index is 12.2. The normalized spacial score (nSPS) is 10.2. The molecule has 1 amide bonds. The van der Waals surface area contributed by atoms with Gasteiger partial charge in [-0.1, -0.05) is 35.9 Å². The molecule has 2 aromatic carbocycles. The molecular formula is C18H16ClNO4S. The molecule has 0 atom stereocenters. The Hall–Kier alpha value is -2.31. The third-order valence-corrected chi connectivity index (χ3v) is 4.57. The fourth-order valence-electron chi connectivity index (χ4n) is 1.90. The minimum absolute atomic E-state index is 0.00675. The van der Waals surface area contributed by atoms with Crippen LogP contribution in [0.1, 0.15) is 17.3 Å². The van der Waals surface area contributed by atoms with Crippen molar-refractivity contribution >= 4 is 46.7 Å². The van der Waals surface area contributed by atoms with E-state index in [2.05, 4.69) is 5.32 Å². The Bertz CT molecular complexity index is 794. The van der Waals surface area contributed by atoms with Crippen molar-refractivity contribution < 1.29 is 19.1 Å². The Morgan fingerprint density at radius 1 is 1.08 bits per heavy atom. The highest BCUT2D eigenvalue weighted by atomic mass is 35.5.